The molecule has 0 N–H and O–H groups in total. The lowest BCUT2D eigenvalue weighted by Gasteiger charge is -2.37. The molecule has 1 unspecified atom stereocenters. The Morgan fingerprint density at radius 2 is 2.07 bits per heavy atom. The number of aldehydes is 1. The average molecular weight is 201 g/mol. The number of carbonyl (C=O) groups excluding carboxylic acids is 1. The molecule has 0 radical (unpaired) electrons. The van der Waals surface area contributed by atoms with Crippen LogP contribution in [0.15, 0.2) is 30.3 Å². The van der Waals surface area contributed by atoms with Crippen molar-refractivity contribution in [3.63, 3.8) is 0 Å². The van der Waals surface area contributed by atoms with Gasteiger partial charge in [-0.25, -0.2) is 0 Å². The maximum atomic E-state index is 11.4. The van der Waals surface area contributed by atoms with Crippen LogP contribution in [0.2, 0.25) is 0 Å². The summed E-state index contributed by atoms with van der Waals surface area (Å²) in [6.45, 7) is 0. The molecule has 1 aliphatic carbocycles. The van der Waals surface area contributed by atoms with Crippen LogP contribution in [-0.4, -0.2) is 25.3 Å². The standard InChI is InChI=1S/C13H15NO/c1-14(2)13(10-15)9-5-7-11-6-3-4-8-12(11)13/h3-8,10H,9H2,1-2H3. The minimum atomic E-state index is -0.481. The smallest absolute Gasteiger partial charge is 0.145 e. The minimum Gasteiger partial charge on any atom is -0.301 e. The summed E-state index contributed by atoms with van der Waals surface area (Å²) in [4.78, 5) is 13.4. The highest BCUT2D eigenvalue weighted by atomic mass is 16.1. The van der Waals surface area contributed by atoms with E-state index in [0.29, 0.717) is 0 Å². The first-order chi connectivity index (χ1) is 7.20. The number of likely N-dealkylation sites (N-methyl/N-ethyl adjacent to an activating group) is 1. The zero-order valence-electron chi connectivity index (χ0n) is 9.10. The van der Waals surface area contributed by atoms with Gasteiger partial charge in [-0.15, -0.1) is 0 Å². The molecule has 0 amide bonds. The number of hydrogen-bond donors (Lipinski definition) is 0. The number of hydrogen-bond acceptors (Lipinski definition) is 2. The predicted octanol–water partition coefficient (Wildman–Crippen LogP) is 2.06. The number of rotatable bonds is 2. The van der Waals surface area contributed by atoms with E-state index in [9.17, 15) is 4.79 Å². The minimum absolute atomic E-state index is 0.481. The maximum absolute atomic E-state index is 11.4. The van der Waals surface area contributed by atoms with Gasteiger partial charge in [0.05, 0.1) is 0 Å². The molecule has 0 saturated heterocycles. The van der Waals surface area contributed by atoms with E-state index in [1.807, 2.05) is 43.3 Å². The molecule has 2 nitrogen and oxygen atoms in total. The fourth-order valence-electron chi connectivity index (χ4n) is 2.15. The van der Waals surface area contributed by atoms with Gasteiger partial charge in [-0.3, -0.25) is 4.90 Å². The molecule has 0 fully saturated rings. The maximum Gasteiger partial charge on any atom is 0.145 e. The SMILES string of the molecule is CN(C)C1(C=O)CC=Cc2ccccc21. The van der Waals surface area contributed by atoms with Crippen molar-refractivity contribution in [2.75, 3.05) is 14.1 Å². The van der Waals surface area contributed by atoms with Crippen molar-refractivity contribution >= 4 is 12.4 Å². The summed E-state index contributed by atoms with van der Waals surface area (Å²) < 4.78 is 0. The highest BCUT2D eigenvalue weighted by molar-refractivity contribution is 5.75. The molecule has 0 bridgehead atoms. The van der Waals surface area contributed by atoms with Crippen LogP contribution in [0.1, 0.15) is 17.5 Å². The quantitative estimate of drug-likeness (QED) is 0.683. The molecule has 0 aliphatic heterocycles. The molecule has 1 aliphatic rings. The van der Waals surface area contributed by atoms with Gasteiger partial charge in [-0.1, -0.05) is 36.4 Å². The molecule has 2 heteroatoms. The van der Waals surface area contributed by atoms with Gasteiger partial charge in [0.15, 0.2) is 0 Å². The van der Waals surface area contributed by atoms with E-state index in [1.54, 1.807) is 0 Å². The summed E-state index contributed by atoms with van der Waals surface area (Å²) in [6.07, 6.45) is 5.95. The van der Waals surface area contributed by atoms with Crippen LogP contribution in [0.5, 0.6) is 0 Å². The first-order valence-electron chi connectivity index (χ1n) is 5.10. The van der Waals surface area contributed by atoms with E-state index in [2.05, 4.69) is 12.2 Å². The van der Waals surface area contributed by atoms with Crippen molar-refractivity contribution in [3.8, 4) is 0 Å². The third-order valence-electron chi connectivity index (χ3n) is 3.15. The van der Waals surface area contributed by atoms with Crippen molar-refractivity contribution in [3.05, 3.63) is 41.5 Å². The van der Waals surface area contributed by atoms with Crippen LogP contribution < -0.4 is 0 Å². The Bertz CT molecular complexity index is 409. The van der Waals surface area contributed by atoms with Crippen LogP contribution >= 0.6 is 0 Å². The van der Waals surface area contributed by atoms with Gasteiger partial charge in [-0.05, 0) is 31.6 Å². The molecule has 1 atom stereocenters. The third-order valence-corrected chi connectivity index (χ3v) is 3.15. The molecule has 2 rings (SSSR count). The van der Waals surface area contributed by atoms with Crippen LogP contribution in [-0.2, 0) is 10.3 Å². The Kier molecular flexibility index (Phi) is 2.45. The van der Waals surface area contributed by atoms with Gasteiger partial charge in [0, 0.05) is 0 Å². The van der Waals surface area contributed by atoms with Crippen LogP contribution in [0, 0.1) is 0 Å². The largest absolute Gasteiger partial charge is 0.301 e. The van der Waals surface area contributed by atoms with E-state index in [0.717, 1.165) is 23.8 Å². The Morgan fingerprint density at radius 1 is 1.33 bits per heavy atom. The molecule has 78 valence electrons. The van der Waals surface area contributed by atoms with E-state index in [-0.39, 0.29) is 0 Å². The van der Waals surface area contributed by atoms with Gasteiger partial charge in [-0.2, -0.15) is 0 Å². The highest BCUT2D eigenvalue weighted by Crippen LogP contribution is 2.35. The molecule has 0 saturated carbocycles. The molecular weight excluding hydrogens is 186 g/mol. The topological polar surface area (TPSA) is 20.3 Å². The first-order valence-corrected chi connectivity index (χ1v) is 5.10. The lowest BCUT2D eigenvalue weighted by molar-refractivity contribution is -0.117. The van der Waals surface area contributed by atoms with Crippen LogP contribution in [0.25, 0.3) is 6.08 Å². The Labute approximate surface area is 90.2 Å². The van der Waals surface area contributed by atoms with E-state index < -0.39 is 5.54 Å². The zero-order chi connectivity index (χ0) is 10.9. The van der Waals surface area contributed by atoms with E-state index in [4.69, 9.17) is 0 Å². The second-order valence-electron chi connectivity index (χ2n) is 4.13. The van der Waals surface area contributed by atoms with Crippen molar-refractivity contribution in [2.45, 2.75) is 12.0 Å². The molecule has 0 spiro atoms. The highest BCUT2D eigenvalue weighted by Gasteiger charge is 2.36. The Morgan fingerprint density at radius 3 is 2.73 bits per heavy atom. The summed E-state index contributed by atoms with van der Waals surface area (Å²) in [5, 5.41) is 0. The number of nitrogens with zero attached hydrogens (tertiary/aromatic N) is 1. The second kappa shape index (κ2) is 3.63. The van der Waals surface area contributed by atoms with Crippen molar-refractivity contribution < 1.29 is 4.79 Å². The molecule has 15 heavy (non-hydrogen) atoms. The Hall–Kier alpha value is -1.41. The fourth-order valence-corrected chi connectivity index (χ4v) is 2.15. The van der Waals surface area contributed by atoms with Crippen molar-refractivity contribution in [1.29, 1.82) is 0 Å². The monoisotopic (exact) mass is 201 g/mol. The van der Waals surface area contributed by atoms with Crippen molar-refractivity contribution in [1.82, 2.24) is 4.90 Å². The molecular formula is C13H15NO. The molecule has 0 heterocycles. The van der Waals surface area contributed by atoms with Gasteiger partial charge < -0.3 is 4.79 Å². The third kappa shape index (κ3) is 1.41. The zero-order valence-corrected chi connectivity index (χ0v) is 9.10. The fraction of sp³-hybridized carbons (Fsp3) is 0.308. The van der Waals surface area contributed by atoms with Gasteiger partial charge >= 0.3 is 0 Å². The summed E-state index contributed by atoms with van der Waals surface area (Å²) in [7, 11) is 3.90. The van der Waals surface area contributed by atoms with Crippen LogP contribution in [0.4, 0.5) is 0 Å². The van der Waals surface area contributed by atoms with Gasteiger partial charge in [0.2, 0.25) is 0 Å². The number of benzene rings is 1. The van der Waals surface area contributed by atoms with E-state index >= 15 is 0 Å². The molecule has 0 aromatic heterocycles. The summed E-state index contributed by atoms with van der Waals surface area (Å²) in [5.74, 6) is 0. The summed E-state index contributed by atoms with van der Waals surface area (Å²) in [6, 6.07) is 8.07. The van der Waals surface area contributed by atoms with Crippen LogP contribution in [0.3, 0.4) is 0 Å². The lowest BCUT2D eigenvalue weighted by Crippen LogP contribution is -2.44. The van der Waals surface area contributed by atoms with Crippen molar-refractivity contribution in [2.24, 2.45) is 0 Å². The normalized spacial score (nSPS) is 23.9. The lowest BCUT2D eigenvalue weighted by atomic mass is 9.80. The summed E-state index contributed by atoms with van der Waals surface area (Å²) >= 11 is 0. The second-order valence-corrected chi connectivity index (χ2v) is 4.13. The molecule has 1 aromatic carbocycles. The van der Waals surface area contributed by atoms with E-state index in [1.165, 1.54) is 0 Å². The van der Waals surface area contributed by atoms with Gasteiger partial charge in [0.25, 0.3) is 0 Å². The predicted molar refractivity (Wildman–Crippen MR) is 61.5 cm³/mol. The van der Waals surface area contributed by atoms with Gasteiger partial charge in [0.1, 0.15) is 11.8 Å². The first kappa shape index (κ1) is 10.1. The average Bonchev–Trinajstić information content (AvgIpc) is 2.28. The Balaban J connectivity index is 2.62. The number of carbonyl (C=O) groups is 1. The summed E-state index contributed by atoms with van der Waals surface area (Å²) in [5.41, 5.74) is 1.77. The molecule has 1 aromatic rings. The number of fused-ring (bicyclic) bond motifs is 1.